The van der Waals surface area contributed by atoms with Crippen molar-refractivity contribution in [2.75, 3.05) is 25.0 Å². The van der Waals surface area contributed by atoms with Crippen LogP contribution in [0.15, 0.2) is 23.1 Å². The molecule has 11 nitrogen and oxygen atoms in total. The molecule has 1 unspecified atom stereocenters. The van der Waals surface area contributed by atoms with Crippen molar-refractivity contribution in [2.24, 2.45) is 7.05 Å². The lowest BCUT2D eigenvalue weighted by atomic mass is 10.0. The number of hydrogen-bond acceptors (Lipinski definition) is 6. The zero-order valence-electron chi connectivity index (χ0n) is 20.7. The quantitative estimate of drug-likeness (QED) is 0.357. The normalized spacial score (nSPS) is 20.9. The second-order valence-corrected chi connectivity index (χ2v) is 11.3. The van der Waals surface area contributed by atoms with Gasteiger partial charge in [0.1, 0.15) is 17.8 Å². The summed E-state index contributed by atoms with van der Waals surface area (Å²) >= 11 is 6.25. The van der Waals surface area contributed by atoms with E-state index < -0.39 is 86.1 Å². The third kappa shape index (κ3) is 5.44. The maximum Gasteiger partial charge on any atom is 0.408 e. The Hall–Kier alpha value is -3.44. The molecule has 40 heavy (non-hydrogen) atoms. The van der Waals surface area contributed by atoms with E-state index in [2.05, 4.69) is 10.0 Å². The summed E-state index contributed by atoms with van der Waals surface area (Å²) in [6.07, 6.45) is -4.88. The van der Waals surface area contributed by atoms with Crippen molar-refractivity contribution in [3.63, 3.8) is 0 Å². The van der Waals surface area contributed by atoms with Gasteiger partial charge in [-0.05, 0) is 25.5 Å². The van der Waals surface area contributed by atoms with Crippen molar-refractivity contribution < 1.29 is 49.5 Å². The summed E-state index contributed by atoms with van der Waals surface area (Å²) in [5.74, 6) is -6.66. The van der Waals surface area contributed by atoms with Crippen LogP contribution in [-0.4, -0.2) is 73.1 Å². The third-order valence-electron chi connectivity index (χ3n) is 6.42. The molecule has 1 fully saturated rings. The van der Waals surface area contributed by atoms with E-state index in [0.717, 1.165) is 21.6 Å². The number of alkyl halides is 3. The van der Waals surface area contributed by atoms with Crippen LogP contribution in [0.4, 0.5) is 27.6 Å². The van der Waals surface area contributed by atoms with Gasteiger partial charge < -0.3 is 24.8 Å². The monoisotopic (exact) mass is 613 g/mol. The zero-order valence-corrected chi connectivity index (χ0v) is 22.2. The SMILES string of the molecule is C[C@H](NC(=O)C(=O)N1CCC2(COc3c(c(Cl)n(C)c3C(=O)Nc3ccc(F)c(F)c3)S(=O)(=O)N2)C1)C(F)(F)F. The Labute approximate surface area is 228 Å². The van der Waals surface area contributed by atoms with Crippen LogP contribution in [0.1, 0.15) is 23.8 Å². The van der Waals surface area contributed by atoms with Gasteiger partial charge in [-0.1, -0.05) is 11.6 Å². The summed E-state index contributed by atoms with van der Waals surface area (Å²) in [5, 5.41) is 3.43. The van der Waals surface area contributed by atoms with E-state index in [-0.39, 0.29) is 24.3 Å². The average molecular weight is 614 g/mol. The molecule has 1 saturated heterocycles. The van der Waals surface area contributed by atoms with E-state index in [0.29, 0.717) is 13.0 Å². The summed E-state index contributed by atoms with van der Waals surface area (Å²) in [5.41, 5.74) is -2.05. The number of anilines is 1. The Bertz CT molecular complexity index is 1510. The first-order chi connectivity index (χ1) is 18.5. The fraction of sp³-hybridized carbons (Fsp3) is 0.409. The summed E-state index contributed by atoms with van der Waals surface area (Å²) in [6, 6.07) is 0.257. The maximum atomic E-state index is 13.6. The van der Waals surface area contributed by atoms with Crippen LogP contribution in [0.5, 0.6) is 5.75 Å². The molecule has 4 rings (SSSR count). The first kappa shape index (κ1) is 29.5. The zero-order chi connectivity index (χ0) is 29.8. The lowest BCUT2D eigenvalue weighted by molar-refractivity contribution is -0.162. The molecule has 0 bridgehead atoms. The summed E-state index contributed by atoms with van der Waals surface area (Å²) in [6.45, 7) is -0.447. The highest BCUT2D eigenvalue weighted by molar-refractivity contribution is 7.89. The predicted molar refractivity (Wildman–Crippen MR) is 128 cm³/mol. The van der Waals surface area contributed by atoms with Gasteiger partial charge in [-0.2, -0.15) is 17.9 Å². The van der Waals surface area contributed by atoms with Crippen LogP contribution >= 0.6 is 11.6 Å². The van der Waals surface area contributed by atoms with Crippen molar-refractivity contribution in [3.8, 4) is 5.75 Å². The molecule has 2 aliphatic rings. The third-order valence-corrected chi connectivity index (χ3v) is 8.59. The van der Waals surface area contributed by atoms with Gasteiger partial charge in [-0.25, -0.2) is 17.2 Å². The molecular formula is C22H21ClF5N5O6S. The van der Waals surface area contributed by atoms with Gasteiger partial charge in [0.2, 0.25) is 10.0 Å². The Balaban J connectivity index is 1.58. The molecule has 0 aliphatic carbocycles. The highest BCUT2D eigenvalue weighted by Gasteiger charge is 2.50. The van der Waals surface area contributed by atoms with E-state index in [1.54, 1.807) is 5.32 Å². The van der Waals surface area contributed by atoms with Crippen molar-refractivity contribution in [2.45, 2.75) is 36.0 Å². The predicted octanol–water partition coefficient (Wildman–Crippen LogP) is 1.92. The summed E-state index contributed by atoms with van der Waals surface area (Å²) < 4.78 is 101. The standard InChI is InChI=1S/C22H21ClF5N5O6S/c1-10(22(26,27)28)29-19(35)20(36)33-6-5-21(8-33)9-39-15-14(32(2)17(23)16(15)40(37,38)31-21)18(34)30-11-3-4-12(24)13(25)7-11/h3-4,7,10,31H,5-6,8-9H2,1-2H3,(H,29,35)(H,30,34)/t10-,21?/m0/s1. The molecule has 3 N–H and O–H groups in total. The maximum absolute atomic E-state index is 13.6. The van der Waals surface area contributed by atoms with Gasteiger partial charge in [0, 0.05) is 31.9 Å². The number of ether oxygens (including phenoxy) is 1. The number of nitrogens with zero attached hydrogens (tertiary/aromatic N) is 2. The lowest BCUT2D eigenvalue weighted by Crippen LogP contribution is -2.55. The Morgan fingerprint density at radius 2 is 1.88 bits per heavy atom. The molecule has 0 radical (unpaired) electrons. The van der Waals surface area contributed by atoms with Crippen LogP contribution in [0, 0.1) is 11.6 Å². The van der Waals surface area contributed by atoms with E-state index in [1.807, 2.05) is 0 Å². The van der Waals surface area contributed by atoms with Crippen LogP contribution in [-0.2, 0) is 26.7 Å². The fourth-order valence-corrected chi connectivity index (χ4v) is 6.43. The molecule has 2 aliphatic heterocycles. The number of halogens is 6. The number of likely N-dealkylation sites (tertiary alicyclic amines) is 1. The first-order valence-electron chi connectivity index (χ1n) is 11.4. The highest BCUT2D eigenvalue weighted by Crippen LogP contribution is 2.41. The summed E-state index contributed by atoms with van der Waals surface area (Å²) in [4.78, 5) is 37.9. The second-order valence-electron chi connectivity index (χ2n) is 9.33. The minimum absolute atomic E-state index is 0.0928. The Kier molecular flexibility index (Phi) is 7.53. The number of aromatic nitrogens is 1. The molecule has 1 aromatic carbocycles. The van der Waals surface area contributed by atoms with Gasteiger partial charge in [0.15, 0.2) is 28.0 Å². The molecule has 0 saturated carbocycles. The fourth-order valence-electron chi connectivity index (χ4n) is 4.30. The number of rotatable bonds is 3. The molecule has 18 heteroatoms. The molecule has 1 spiro atoms. The van der Waals surface area contributed by atoms with E-state index in [4.69, 9.17) is 16.3 Å². The molecule has 2 atom stereocenters. The number of amides is 3. The van der Waals surface area contributed by atoms with Gasteiger partial charge in [0.25, 0.3) is 5.91 Å². The molecule has 1 aromatic heterocycles. The average Bonchev–Trinajstić information content (AvgIpc) is 3.33. The van der Waals surface area contributed by atoms with Crippen LogP contribution in [0.25, 0.3) is 0 Å². The number of benzene rings is 1. The molecule has 3 heterocycles. The van der Waals surface area contributed by atoms with Gasteiger partial charge in [-0.3, -0.25) is 14.4 Å². The van der Waals surface area contributed by atoms with Crippen LogP contribution in [0.3, 0.4) is 0 Å². The minimum Gasteiger partial charge on any atom is -0.488 e. The largest absolute Gasteiger partial charge is 0.488 e. The van der Waals surface area contributed by atoms with Gasteiger partial charge in [0.05, 0.1) is 5.54 Å². The first-order valence-corrected chi connectivity index (χ1v) is 13.3. The second kappa shape index (κ2) is 10.2. The van der Waals surface area contributed by atoms with Gasteiger partial charge >= 0.3 is 18.0 Å². The number of nitrogens with one attached hydrogen (secondary N) is 3. The number of fused-ring (bicyclic) bond motifs is 1. The van der Waals surface area contributed by atoms with E-state index >= 15 is 0 Å². The van der Waals surface area contributed by atoms with E-state index in [1.165, 1.54) is 7.05 Å². The minimum atomic E-state index is -4.78. The van der Waals surface area contributed by atoms with Crippen molar-refractivity contribution in [1.82, 2.24) is 19.5 Å². The van der Waals surface area contributed by atoms with Crippen molar-refractivity contribution in [1.29, 1.82) is 0 Å². The smallest absolute Gasteiger partial charge is 0.408 e. The van der Waals surface area contributed by atoms with Gasteiger partial charge in [-0.15, -0.1) is 0 Å². The summed E-state index contributed by atoms with van der Waals surface area (Å²) in [7, 11) is -3.27. The Morgan fingerprint density at radius 1 is 1.20 bits per heavy atom. The highest BCUT2D eigenvalue weighted by atomic mass is 35.5. The number of hydrogen-bond donors (Lipinski definition) is 3. The van der Waals surface area contributed by atoms with Crippen molar-refractivity contribution in [3.05, 3.63) is 40.7 Å². The molecular weight excluding hydrogens is 593 g/mol. The number of sulfonamides is 1. The molecule has 3 amide bonds. The topological polar surface area (TPSA) is 139 Å². The number of carbonyl (C=O) groups excluding carboxylic acids is 3. The van der Waals surface area contributed by atoms with E-state index in [9.17, 15) is 44.8 Å². The molecule has 218 valence electrons. The van der Waals surface area contributed by atoms with Crippen LogP contribution < -0.4 is 20.1 Å². The van der Waals surface area contributed by atoms with Crippen molar-refractivity contribution >= 4 is 45.0 Å². The Morgan fingerprint density at radius 3 is 2.50 bits per heavy atom. The number of carbonyl (C=O) groups is 3. The molecule has 2 aromatic rings. The lowest BCUT2D eigenvalue weighted by Gasteiger charge is -2.27. The van der Waals surface area contributed by atoms with Crippen LogP contribution in [0.2, 0.25) is 5.15 Å².